The molecule has 0 saturated carbocycles. The number of alkyl halides is 3. The Hall–Kier alpha value is -2.88. The van der Waals surface area contributed by atoms with Gasteiger partial charge in [-0.25, -0.2) is 13.6 Å². The first kappa shape index (κ1) is 21.8. The Kier molecular flexibility index (Phi) is 6.76. The lowest BCUT2D eigenvalue weighted by Gasteiger charge is -2.31. The van der Waals surface area contributed by atoms with Gasteiger partial charge in [0.05, 0.1) is 6.61 Å². The highest BCUT2D eigenvalue weighted by molar-refractivity contribution is 5.75. The monoisotopic (exact) mass is 431 g/mol. The van der Waals surface area contributed by atoms with Gasteiger partial charge in [0.15, 0.2) is 11.6 Å². The first-order valence-electron chi connectivity index (χ1n) is 9.11. The zero-order valence-corrected chi connectivity index (χ0v) is 15.6. The molecule has 1 atom stereocenters. The molecule has 0 radical (unpaired) electrons. The van der Waals surface area contributed by atoms with Crippen molar-refractivity contribution < 1.29 is 41.1 Å². The summed E-state index contributed by atoms with van der Waals surface area (Å²) < 4.78 is 75.5. The Balaban J connectivity index is 1.62. The smallest absolute Gasteiger partial charge is 0.489 e. The van der Waals surface area contributed by atoms with Gasteiger partial charge >= 0.3 is 12.1 Å². The normalized spacial score (nSPS) is 17.4. The number of benzene rings is 2. The standard InChI is InChI=1S/C20H18F5NO4/c21-14-6-8-15(9-7-14)29-18-16(22)4-1-5-17(18)28-12-13-3-2-10-26(11-13)30-19(27)20(23,24)25/h1,4-9,13H,2-3,10-12H2/t13-/m0/s1. The van der Waals surface area contributed by atoms with Crippen molar-refractivity contribution in [3.8, 4) is 17.2 Å². The lowest BCUT2D eigenvalue weighted by Crippen LogP contribution is -2.42. The largest absolute Gasteiger partial charge is 0.492 e. The van der Waals surface area contributed by atoms with E-state index < -0.39 is 23.8 Å². The second-order valence-corrected chi connectivity index (χ2v) is 6.71. The van der Waals surface area contributed by atoms with Crippen LogP contribution in [0.15, 0.2) is 42.5 Å². The molecule has 1 fully saturated rings. The molecule has 30 heavy (non-hydrogen) atoms. The van der Waals surface area contributed by atoms with E-state index >= 15 is 0 Å². The second kappa shape index (κ2) is 9.29. The maximum absolute atomic E-state index is 14.2. The molecule has 0 bridgehead atoms. The summed E-state index contributed by atoms with van der Waals surface area (Å²) in [6.07, 6.45) is -3.94. The topological polar surface area (TPSA) is 48.0 Å². The minimum absolute atomic E-state index is 0.0449. The van der Waals surface area contributed by atoms with Gasteiger partial charge in [0, 0.05) is 19.0 Å². The molecule has 1 heterocycles. The quantitative estimate of drug-likeness (QED) is 0.611. The van der Waals surface area contributed by atoms with Crippen LogP contribution in [0.2, 0.25) is 0 Å². The van der Waals surface area contributed by atoms with Crippen LogP contribution < -0.4 is 9.47 Å². The van der Waals surface area contributed by atoms with Crippen LogP contribution in [0.4, 0.5) is 22.0 Å². The molecule has 0 aromatic heterocycles. The van der Waals surface area contributed by atoms with Crippen LogP contribution >= 0.6 is 0 Å². The van der Waals surface area contributed by atoms with E-state index in [2.05, 4.69) is 4.84 Å². The Morgan fingerprint density at radius 1 is 1.10 bits per heavy atom. The lowest BCUT2D eigenvalue weighted by molar-refractivity contribution is -0.243. The lowest BCUT2D eigenvalue weighted by atomic mass is 10.0. The van der Waals surface area contributed by atoms with Crippen LogP contribution in [0.3, 0.4) is 0 Å². The Morgan fingerprint density at radius 3 is 2.53 bits per heavy atom. The summed E-state index contributed by atoms with van der Waals surface area (Å²) in [5, 5.41) is 0.953. The molecule has 0 amide bonds. The highest BCUT2D eigenvalue weighted by Gasteiger charge is 2.43. The number of hydrogen-bond acceptors (Lipinski definition) is 5. The molecular weight excluding hydrogens is 413 g/mol. The fourth-order valence-corrected chi connectivity index (χ4v) is 2.94. The van der Waals surface area contributed by atoms with Crippen molar-refractivity contribution in [2.75, 3.05) is 19.7 Å². The third kappa shape index (κ3) is 5.82. The van der Waals surface area contributed by atoms with Crippen molar-refractivity contribution in [3.63, 3.8) is 0 Å². The second-order valence-electron chi connectivity index (χ2n) is 6.71. The Labute approximate surface area is 168 Å². The number of para-hydroxylation sites is 1. The van der Waals surface area contributed by atoms with Crippen LogP contribution in [-0.2, 0) is 9.63 Å². The third-order valence-electron chi connectivity index (χ3n) is 4.36. The number of halogens is 5. The van der Waals surface area contributed by atoms with E-state index in [4.69, 9.17) is 9.47 Å². The van der Waals surface area contributed by atoms with E-state index in [-0.39, 0.29) is 42.9 Å². The molecule has 0 spiro atoms. The van der Waals surface area contributed by atoms with Crippen LogP contribution in [0.5, 0.6) is 17.2 Å². The number of ether oxygens (including phenoxy) is 2. The van der Waals surface area contributed by atoms with E-state index in [9.17, 15) is 26.7 Å². The molecule has 3 rings (SSSR count). The fraction of sp³-hybridized carbons (Fsp3) is 0.350. The Morgan fingerprint density at radius 2 is 1.83 bits per heavy atom. The van der Waals surface area contributed by atoms with E-state index in [0.717, 1.165) is 17.2 Å². The minimum Gasteiger partial charge on any atom is -0.489 e. The molecule has 1 saturated heterocycles. The van der Waals surface area contributed by atoms with Crippen LogP contribution in [-0.4, -0.2) is 36.9 Å². The van der Waals surface area contributed by atoms with Crippen molar-refractivity contribution in [1.82, 2.24) is 5.06 Å². The highest BCUT2D eigenvalue weighted by Crippen LogP contribution is 2.35. The number of carbonyl (C=O) groups is 1. The number of piperidine rings is 1. The summed E-state index contributed by atoms with van der Waals surface area (Å²) in [4.78, 5) is 15.4. The van der Waals surface area contributed by atoms with Crippen molar-refractivity contribution in [2.24, 2.45) is 5.92 Å². The SMILES string of the molecule is O=C(ON1CCC[C@H](COc2cccc(F)c2Oc2ccc(F)cc2)C1)C(F)(F)F. The van der Waals surface area contributed by atoms with Crippen molar-refractivity contribution in [2.45, 2.75) is 19.0 Å². The van der Waals surface area contributed by atoms with E-state index in [1.54, 1.807) is 0 Å². The average molecular weight is 431 g/mol. The van der Waals surface area contributed by atoms with Gasteiger partial charge in [-0.05, 0) is 49.2 Å². The minimum atomic E-state index is -5.07. The molecule has 1 aliphatic rings. The number of rotatable bonds is 6. The number of hydroxylamine groups is 2. The third-order valence-corrected chi connectivity index (χ3v) is 4.36. The predicted molar refractivity (Wildman–Crippen MR) is 94.8 cm³/mol. The van der Waals surface area contributed by atoms with E-state index in [0.29, 0.717) is 12.8 Å². The molecular formula is C20H18F5NO4. The number of nitrogens with zero attached hydrogens (tertiary/aromatic N) is 1. The molecule has 1 aliphatic heterocycles. The summed E-state index contributed by atoms with van der Waals surface area (Å²) in [6, 6.07) is 9.06. The molecule has 0 unspecified atom stereocenters. The number of hydrogen-bond donors (Lipinski definition) is 0. The fourth-order valence-electron chi connectivity index (χ4n) is 2.94. The van der Waals surface area contributed by atoms with Crippen LogP contribution in [0.25, 0.3) is 0 Å². The average Bonchev–Trinajstić information content (AvgIpc) is 2.69. The van der Waals surface area contributed by atoms with E-state index in [1.807, 2.05) is 0 Å². The van der Waals surface area contributed by atoms with Gasteiger partial charge in [0.1, 0.15) is 11.6 Å². The van der Waals surface area contributed by atoms with Gasteiger partial charge in [-0.2, -0.15) is 13.2 Å². The van der Waals surface area contributed by atoms with Gasteiger partial charge < -0.3 is 14.3 Å². The van der Waals surface area contributed by atoms with Gasteiger partial charge in [0.2, 0.25) is 5.75 Å². The molecule has 10 heteroatoms. The first-order valence-corrected chi connectivity index (χ1v) is 9.11. The van der Waals surface area contributed by atoms with Gasteiger partial charge in [0.25, 0.3) is 0 Å². The van der Waals surface area contributed by atoms with Crippen LogP contribution in [0, 0.1) is 17.6 Å². The van der Waals surface area contributed by atoms with Crippen molar-refractivity contribution >= 4 is 5.97 Å². The summed E-state index contributed by atoms with van der Waals surface area (Å²) in [5.74, 6) is -3.59. The van der Waals surface area contributed by atoms with Gasteiger partial charge in [-0.3, -0.25) is 0 Å². The van der Waals surface area contributed by atoms with Gasteiger partial charge in [-0.15, -0.1) is 5.06 Å². The maximum Gasteiger partial charge on any atom is 0.492 e. The Bertz CT molecular complexity index is 872. The molecule has 2 aromatic carbocycles. The molecule has 2 aromatic rings. The first-order chi connectivity index (χ1) is 14.2. The molecule has 5 nitrogen and oxygen atoms in total. The van der Waals surface area contributed by atoms with E-state index in [1.165, 1.54) is 30.3 Å². The highest BCUT2D eigenvalue weighted by atomic mass is 19.4. The maximum atomic E-state index is 14.2. The molecule has 0 N–H and O–H groups in total. The summed E-state index contributed by atoms with van der Waals surface area (Å²) in [6.45, 7) is 0.270. The van der Waals surface area contributed by atoms with Crippen molar-refractivity contribution in [1.29, 1.82) is 0 Å². The summed E-state index contributed by atoms with van der Waals surface area (Å²) in [7, 11) is 0. The molecule has 0 aliphatic carbocycles. The predicted octanol–water partition coefficient (Wildman–Crippen LogP) is 4.87. The van der Waals surface area contributed by atoms with Gasteiger partial charge in [-0.1, -0.05) is 6.07 Å². The van der Waals surface area contributed by atoms with Crippen molar-refractivity contribution in [3.05, 3.63) is 54.1 Å². The zero-order chi connectivity index (χ0) is 21.7. The van der Waals surface area contributed by atoms with Crippen LogP contribution in [0.1, 0.15) is 12.8 Å². The zero-order valence-electron chi connectivity index (χ0n) is 15.6. The number of carbonyl (C=O) groups excluding carboxylic acids is 1. The summed E-state index contributed by atoms with van der Waals surface area (Å²) >= 11 is 0. The molecule has 162 valence electrons. The summed E-state index contributed by atoms with van der Waals surface area (Å²) in [5.41, 5.74) is 0.